The van der Waals surface area contributed by atoms with E-state index in [1.807, 2.05) is 0 Å². The number of para-hydroxylation sites is 1. The number of carbonyl (C=O) groups excluding carboxylic acids is 3. The van der Waals surface area contributed by atoms with Gasteiger partial charge in [0.25, 0.3) is 0 Å². The van der Waals surface area contributed by atoms with Crippen LogP contribution in [0.5, 0.6) is 0 Å². The molecular formula is C18H17NO6. The maximum Gasteiger partial charge on any atom is 0.355 e. The van der Waals surface area contributed by atoms with E-state index in [2.05, 4.69) is 0 Å². The molecule has 0 unspecified atom stereocenters. The van der Waals surface area contributed by atoms with Gasteiger partial charge in [-0.3, -0.25) is 0 Å². The molecule has 0 spiro atoms. The van der Waals surface area contributed by atoms with Gasteiger partial charge < -0.3 is 19.1 Å². The molecule has 0 saturated heterocycles. The number of benzene rings is 1. The van der Waals surface area contributed by atoms with Gasteiger partial charge in [-0.2, -0.15) is 0 Å². The Bertz CT molecular complexity index is 791. The summed E-state index contributed by atoms with van der Waals surface area (Å²) < 4.78 is 14.4. The first-order valence-corrected chi connectivity index (χ1v) is 7.27. The fourth-order valence-corrected chi connectivity index (χ4v) is 2.32. The smallest absolute Gasteiger partial charge is 0.355 e. The highest BCUT2D eigenvalue weighted by Crippen LogP contribution is 2.29. The van der Waals surface area contributed by atoms with E-state index in [1.54, 1.807) is 42.6 Å². The third kappa shape index (κ3) is 3.60. The van der Waals surface area contributed by atoms with Gasteiger partial charge in [0.2, 0.25) is 0 Å². The number of allylic oxidation sites excluding steroid dienone is 2. The predicted molar refractivity (Wildman–Crippen MR) is 89.6 cm³/mol. The van der Waals surface area contributed by atoms with Crippen molar-refractivity contribution >= 4 is 23.6 Å². The van der Waals surface area contributed by atoms with E-state index >= 15 is 0 Å². The lowest BCUT2D eigenvalue weighted by Gasteiger charge is -2.24. The first-order valence-electron chi connectivity index (χ1n) is 7.27. The third-order valence-corrected chi connectivity index (χ3v) is 3.46. The number of esters is 3. The molecule has 0 fully saturated rings. The van der Waals surface area contributed by atoms with Crippen LogP contribution in [-0.4, -0.2) is 39.2 Å². The van der Waals surface area contributed by atoms with Crippen molar-refractivity contribution in [2.24, 2.45) is 0 Å². The number of ether oxygens (including phenoxy) is 3. The Kier molecular flexibility index (Phi) is 5.73. The van der Waals surface area contributed by atoms with E-state index in [9.17, 15) is 14.4 Å². The van der Waals surface area contributed by atoms with Crippen LogP contribution in [0.15, 0.2) is 60.0 Å². The summed E-state index contributed by atoms with van der Waals surface area (Å²) in [5.74, 6) is -2.04. The lowest BCUT2D eigenvalue weighted by Crippen LogP contribution is -2.28. The van der Waals surface area contributed by atoms with Crippen LogP contribution < -0.4 is 4.90 Å². The number of anilines is 1. The third-order valence-electron chi connectivity index (χ3n) is 3.46. The molecule has 1 aromatic carbocycles. The number of carbonyl (C=O) groups is 3. The van der Waals surface area contributed by atoms with Gasteiger partial charge in [-0.25, -0.2) is 14.4 Å². The molecule has 0 aliphatic carbocycles. The normalized spacial score (nSPS) is 13.3. The summed E-state index contributed by atoms with van der Waals surface area (Å²) in [6.07, 6.45) is 6.18. The number of hydrogen-bond acceptors (Lipinski definition) is 7. The molecule has 7 heteroatoms. The molecule has 25 heavy (non-hydrogen) atoms. The summed E-state index contributed by atoms with van der Waals surface area (Å²) in [6, 6.07) is 6.54. The van der Waals surface area contributed by atoms with Crippen molar-refractivity contribution in [3.05, 3.63) is 65.5 Å². The second kappa shape index (κ2) is 7.96. The van der Waals surface area contributed by atoms with Crippen LogP contribution in [0.25, 0.3) is 0 Å². The van der Waals surface area contributed by atoms with E-state index in [0.29, 0.717) is 5.69 Å². The number of methoxy groups -OCH3 is 3. The summed E-state index contributed by atoms with van der Waals surface area (Å²) in [7, 11) is 3.67. The van der Waals surface area contributed by atoms with Crippen LogP contribution in [0.4, 0.5) is 5.69 Å². The molecule has 0 saturated carbocycles. The summed E-state index contributed by atoms with van der Waals surface area (Å²) in [4.78, 5) is 37.9. The number of rotatable bonds is 4. The molecule has 0 radical (unpaired) electrons. The van der Waals surface area contributed by atoms with Gasteiger partial charge in [-0.1, -0.05) is 18.2 Å². The van der Waals surface area contributed by atoms with Gasteiger partial charge in [0.15, 0.2) is 0 Å². The summed E-state index contributed by atoms with van der Waals surface area (Å²) in [5, 5.41) is 0. The molecule has 7 nitrogen and oxygen atoms in total. The molecule has 1 aliphatic heterocycles. The number of hydrogen-bond donors (Lipinski definition) is 0. The second-order valence-corrected chi connectivity index (χ2v) is 4.82. The van der Waals surface area contributed by atoms with Crippen LogP contribution in [0.1, 0.15) is 10.4 Å². The highest BCUT2D eigenvalue weighted by atomic mass is 16.5. The zero-order chi connectivity index (χ0) is 18.4. The van der Waals surface area contributed by atoms with Gasteiger partial charge in [0, 0.05) is 6.20 Å². The molecule has 1 heterocycles. The highest BCUT2D eigenvalue weighted by Gasteiger charge is 2.29. The standard InChI is InChI=1S/C18H17NO6/c1-23-16(20)12-8-4-5-10-14(12)19-11-7-6-9-13(17(21)24-2)15(19)18(22)25-3/h4-11H,1-3H3. The minimum absolute atomic E-state index is 0.000908. The van der Waals surface area contributed by atoms with E-state index in [0.717, 1.165) is 0 Å². The van der Waals surface area contributed by atoms with Gasteiger partial charge in [0.05, 0.1) is 38.2 Å². The predicted octanol–water partition coefficient (Wildman–Crippen LogP) is 1.96. The molecule has 0 aromatic heterocycles. The Morgan fingerprint density at radius 3 is 2.12 bits per heavy atom. The van der Waals surface area contributed by atoms with E-state index in [1.165, 1.54) is 32.3 Å². The Morgan fingerprint density at radius 2 is 1.48 bits per heavy atom. The second-order valence-electron chi connectivity index (χ2n) is 4.82. The van der Waals surface area contributed by atoms with E-state index in [-0.39, 0.29) is 16.8 Å². The Labute approximate surface area is 144 Å². The molecule has 0 bridgehead atoms. The van der Waals surface area contributed by atoms with Crippen molar-refractivity contribution in [1.29, 1.82) is 0 Å². The average molecular weight is 343 g/mol. The fraction of sp³-hybridized carbons (Fsp3) is 0.167. The Hall–Kier alpha value is -3.35. The molecule has 2 rings (SSSR count). The quantitative estimate of drug-likeness (QED) is 0.610. The molecule has 0 N–H and O–H groups in total. The van der Waals surface area contributed by atoms with Crippen molar-refractivity contribution in [2.45, 2.75) is 0 Å². The van der Waals surface area contributed by atoms with Crippen molar-refractivity contribution < 1.29 is 28.6 Å². The minimum Gasteiger partial charge on any atom is -0.465 e. The highest BCUT2D eigenvalue weighted by molar-refractivity contribution is 6.07. The topological polar surface area (TPSA) is 82.1 Å². The maximum absolute atomic E-state index is 12.4. The van der Waals surface area contributed by atoms with Crippen LogP contribution >= 0.6 is 0 Å². The Morgan fingerprint density at radius 1 is 0.840 bits per heavy atom. The first-order chi connectivity index (χ1) is 12.0. The van der Waals surface area contributed by atoms with E-state index < -0.39 is 17.9 Å². The molecule has 1 aliphatic rings. The molecular weight excluding hydrogens is 326 g/mol. The number of nitrogens with zero attached hydrogens (tertiary/aromatic N) is 1. The zero-order valence-electron chi connectivity index (χ0n) is 14.0. The summed E-state index contributed by atoms with van der Waals surface area (Å²) in [5.41, 5.74) is 0.507. The van der Waals surface area contributed by atoms with Gasteiger partial charge in [0.1, 0.15) is 5.70 Å². The van der Waals surface area contributed by atoms with Crippen LogP contribution in [0.3, 0.4) is 0 Å². The first kappa shape index (κ1) is 18.0. The van der Waals surface area contributed by atoms with Gasteiger partial charge in [-0.05, 0) is 24.3 Å². The van der Waals surface area contributed by atoms with E-state index in [4.69, 9.17) is 14.2 Å². The largest absolute Gasteiger partial charge is 0.465 e. The zero-order valence-corrected chi connectivity index (χ0v) is 14.0. The average Bonchev–Trinajstić information content (AvgIpc) is 2.88. The lowest BCUT2D eigenvalue weighted by molar-refractivity contribution is -0.139. The minimum atomic E-state index is -0.753. The molecule has 1 aromatic rings. The summed E-state index contributed by atoms with van der Waals surface area (Å²) >= 11 is 0. The molecule has 130 valence electrons. The molecule has 0 atom stereocenters. The van der Waals surface area contributed by atoms with Crippen LogP contribution in [-0.2, 0) is 23.8 Å². The van der Waals surface area contributed by atoms with Gasteiger partial charge in [-0.15, -0.1) is 0 Å². The molecule has 0 amide bonds. The van der Waals surface area contributed by atoms with Crippen molar-refractivity contribution in [2.75, 3.05) is 26.2 Å². The van der Waals surface area contributed by atoms with Crippen molar-refractivity contribution in [3.63, 3.8) is 0 Å². The Balaban J connectivity index is 2.72. The van der Waals surface area contributed by atoms with Gasteiger partial charge >= 0.3 is 17.9 Å². The summed E-state index contributed by atoms with van der Waals surface area (Å²) in [6.45, 7) is 0. The lowest BCUT2D eigenvalue weighted by atomic mass is 10.1. The van der Waals surface area contributed by atoms with Crippen LogP contribution in [0.2, 0.25) is 0 Å². The monoisotopic (exact) mass is 343 g/mol. The van der Waals surface area contributed by atoms with Crippen LogP contribution in [0, 0.1) is 0 Å². The SMILES string of the molecule is COC(=O)C1=C(C(=O)OC)N(c2ccccc2C(=O)OC)C=CC=C1. The van der Waals surface area contributed by atoms with Crippen molar-refractivity contribution in [3.8, 4) is 0 Å². The maximum atomic E-state index is 12.4. The van der Waals surface area contributed by atoms with Crippen molar-refractivity contribution in [1.82, 2.24) is 0 Å². The fourth-order valence-electron chi connectivity index (χ4n) is 2.32.